The lowest BCUT2D eigenvalue weighted by Gasteiger charge is -2.24. The Hall–Kier alpha value is -2.24. The lowest BCUT2D eigenvalue weighted by Crippen LogP contribution is -2.39. The lowest BCUT2D eigenvalue weighted by molar-refractivity contribution is -0.120. The first-order valence-corrected chi connectivity index (χ1v) is 8.30. The van der Waals surface area contributed by atoms with Crippen LogP contribution in [0.5, 0.6) is 11.5 Å². The first-order valence-electron chi connectivity index (χ1n) is 7.92. The summed E-state index contributed by atoms with van der Waals surface area (Å²) in [6.45, 7) is 2.47. The first kappa shape index (κ1) is 19.1. The molecule has 0 heterocycles. The van der Waals surface area contributed by atoms with E-state index < -0.39 is 0 Å². The molecule has 0 saturated carbocycles. The largest absolute Gasteiger partial charge is 0.497 e. The molecule has 0 bridgehead atoms. The summed E-state index contributed by atoms with van der Waals surface area (Å²) >= 11 is 6.02. The Kier molecular flexibility index (Phi) is 6.67. The Labute approximate surface area is 153 Å². The lowest BCUT2D eigenvalue weighted by atomic mass is 10.2. The number of benzene rings is 2. The number of amides is 1. The van der Waals surface area contributed by atoms with E-state index in [0.29, 0.717) is 28.8 Å². The third-order valence-corrected chi connectivity index (χ3v) is 4.26. The van der Waals surface area contributed by atoms with Gasteiger partial charge in [0.05, 0.1) is 25.9 Å². The van der Waals surface area contributed by atoms with Crippen molar-refractivity contribution in [1.29, 1.82) is 0 Å². The standard InChI is InChI=1S/C19H23ClN2O3/c1-13(22(2)12-14-6-5-7-15(20)10-14)19(23)21-17-11-16(24-3)8-9-18(17)25-4/h5-11,13H,12H2,1-4H3,(H,21,23). The molecule has 1 amide bonds. The second-order valence-electron chi connectivity index (χ2n) is 5.78. The van der Waals surface area contributed by atoms with Crippen molar-refractivity contribution in [3.63, 3.8) is 0 Å². The van der Waals surface area contributed by atoms with Gasteiger partial charge in [0.1, 0.15) is 11.5 Å². The topological polar surface area (TPSA) is 50.8 Å². The number of methoxy groups -OCH3 is 2. The van der Waals surface area contributed by atoms with Crippen molar-refractivity contribution in [2.24, 2.45) is 0 Å². The fraction of sp³-hybridized carbons (Fsp3) is 0.316. The Morgan fingerprint density at radius 3 is 2.60 bits per heavy atom. The number of halogens is 1. The van der Waals surface area contributed by atoms with Crippen molar-refractivity contribution in [2.45, 2.75) is 19.5 Å². The molecule has 0 aromatic heterocycles. The minimum absolute atomic E-state index is 0.129. The molecule has 1 unspecified atom stereocenters. The first-order chi connectivity index (χ1) is 11.9. The number of likely N-dealkylation sites (N-methyl/N-ethyl adjacent to an activating group) is 1. The summed E-state index contributed by atoms with van der Waals surface area (Å²) < 4.78 is 10.5. The summed E-state index contributed by atoms with van der Waals surface area (Å²) in [5.41, 5.74) is 1.63. The van der Waals surface area contributed by atoms with Gasteiger partial charge in [-0.05, 0) is 43.8 Å². The molecule has 0 spiro atoms. The van der Waals surface area contributed by atoms with Gasteiger partial charge in [-0.2, -0.15) is 0 Å². The maximum atomic E-state index is 12.6. The van der Waals surface area contributed by atoms with Crippen molar-refractivity contribution < 1.29 is 14.3 Å². The van der Waals surface area contributed by atoms with Crippen LogP contribution in [-0.4, -0.2) is 38.1 Å². The predicted octanol–water partition coefficient (Wildman–Crippen LogP) is 3.82. The highest BCUT2D eigenvalue weighted by Gasteiger charge is 2.20. The molecule has 0 aliphatic rings. The summed E-state index contributed by atoms with van der Waals surface area (Å²) in [5, 5.41) is 3.59. The van der Waals surface area contributed by atoms with Crippen LogP contribution in [0.4, 0.5) is 5.69 Å². The van der Waals surface area contributed by atoms with E-state index in [0.717, 1.165) is 5.56 Å². The van der Waals surface area contributed by atoms with Crippen LogP contribution in [0.3, 0.4) is 0 Å². The SMILES string of the molecule is COc1ccc(OC)c(NC(=O)C(C)N(C)Cc2cccc(Cl)c2)c1. The van der Waals surface area contributed by atoms with Gasteiger partial charge in [-0.15, -0.1) is 0 Å². The number of hydrogen-bond donors (Lipinski definition) is 1. The normalized spacial score (nSPS) is 11.9. The molecule has 6 heteroatoms. The minimum Gasteiger partial charge on any atom is -0.497 e. The highest BCUT2D eigenvalue weighted by Crippen LogP contribution is 2.29. The summed E-state index contributed by atoms with van der Waals surface area (Å²) in [6.07, 6.45) is 0. The van der Waals surface area contributed by atoms with Crippen LogP contribution in [-0.2, 0) is 11.3 Å². The monoisotopic (exact) mass is 362 g/mol. The number of nitrogens with zero attached hydrogens (tertiary/aromatic N) is 1. The van der Waals surface area contributed by atoms with Crippen molar-refractivity contribution >= 4 is 23.2 Å². The molecule has 2 aromatic carbocycles. The van der Waals surface area contributed by atoms with Gasteiger partial charge in [-0.3, -0.25) is 9.69 Å². The molecular weight excluding hydrogens is 340 g/mol. The second-order valence-corrected chi connectivity index (χ2v) is 6.21. The maximum absolute atomic E-state index is 12.6. The Balaban J connectivity index is 2.06. The van der Waals surface area contributed by atoms with Crippen LogP contribution in [0, 0.1) is 0 Å². The zero-order chi connectivity index (χ0) is 18.4. The average molecular weight is 363 g/mol. The van der Waals surface area contributed by atoms with E-state index in [1.165, 1.54) is 0 Å². The summed E-state index contributed by atoms with van der Waals surface area (Å²) in [5.74, 6) is 1.10. The van der Waals surface area contributed by atoms with E-state index in [1.807, 2.05) is 43.1 Å². The van der Waals surface area contributed by atoms with Crippen LogP contribution < -0.4 is 14.8 Å². The zero-order valence-electron chi connectivity index (χ0n) is 14.9. The molecule has 0 aliphatic heterocycles. The number of ether oxygens (including phenoxy) is 2. The van der Waals surface area contributed by atoms with Crippen LogP contribution in [0.15, 0.2) is 42.5 Å². The molecule has 0 saturated heterocycles. The number of carbonyl (C=O) groups is 1. The summed E-state index contributed by atoms with van der Waals surface area (Å²) in [6, 6.07) is 12.5. The molecule has 0 fully saturated rings. The van der Waals surface area contributed by atoms with Gasteiger partial charge >= 0.3 is 0 Å². The molecule has 1 N–H and O–H groups in total. The van der Waals surface area contributed by atoms with Crippen molar-refractivity contribution in [3.8, 4) is 11.5 Å². The fourth-order valence-corrected chi connectivity index (χ4v) is 2.62. The van der Waals surface area contributed by atoms with E-state index in [2.05, 4.69) is 5.32 Å². The Morgan fingerprint density at radius 1 is 1.20 bits per heavy atom. The molecule has 25 heavy (non-hydrogen) atoms. The van der Waals surface area contributed by atoms with Gasteiger partial charge in [0.15, 0.2) is 0 Å². The van der Waals surface area contributed by atoms with E-state index in [1.54, 1.807) is 32.4 Å². The molecule has 0 radical (unpaired) electrons. The highest BCUT2D eigenvalue weighted by atomic mass is 35.5. The number of carbonyl (C=O) groups excluding carboxylic acids is 1. The van der Waals surface area contributed by atoms with Gasteiger partial charge < -0.3 is 14.8 Å². The van der Waals surface area contributed by atoms with E-state index in [-0.39, 0.29) is 11.9 Å². The van der Waals surface area contributed by atoms with Gasteiger partial charge in [0.25, 0.3) is 0 Å². The maximum Gasteiger partial charge on any atom is 0.241 e. The third kappa shape index (κ3) is 5.11. The van der Waals surface area contributed by atoms with E-state index >= 15 is 0 Å². The number of anilines is 1. The van der Waals surface area contributed by atoms with Crippen molar-refractivity contribution in [2.75, 3.05) is 26.6 Å². The summed E-state index contributed by atoms with van der Waals surface area (Å²) in [7, 11) is 5.04. The number of rotatable bonds is 7. The third-order valence-electron chi connectivity index (χ3n) is 4.03. The molecule has 2 aromatic rings. The molecule has 5 nitrogen and oxygen atoms in total. The smallest absolute Gasteiger partial charge is 0.241 e. The molecule has 2 rings (SSSR count). The van der Waals surface area contributed by atoms with Gasteiger partial charge in [0, 0.05) is 17.6 Å². The quantitative estimate of drug-likeness (QED) is 0.813. The minimum atomic E-state index is -0.338. The van der Waals surface area contributed by atoms with Crippen molar-refractivity contribution in [1.82, 2.24) is 4.90 Å². The van der Waals surface area contributed by atoms with Crippen LogP contribution >= 0.6 is 11.6 Å². The Morgan fingerprint density at radius 2 is 1.96 bits per heavy atom. The molecule has 1 atom stereocenters. The summed E-state index contributed by atoms with van der Waals surface area (Å²) in [4.78, 5) is 14.6. The second kappa shape index (κ2) is 8.74. The molecule has 0 aliphatic carbocycles. The van der Waals surface area contributed by atoms with Gasteiger partial charge in [-0.1, -0.05) is 23.7 Å². The number of nitrogens with one attached hydrogen (secondary N) is 1. The Bertz CT molecular complexity index is 736. The predicted molar refractivity (Wildman–Crippen MR) is 101 cm³/mol. The van der Waals surface area contributed by atoms with Crippen LogP contribution in [0.25, 0.3) is 0 Å². The van der Waals surface area contributed by atoms with E-state index in [9.17, 15) is 4.79 Å². The van der Waals surface area contributed by atoms with Crippen LogP contribution in [0.1, 0.15) is 12.5 Å². The number of hydrogen-bond acceptors (Lipinski definition) is 4. The average Bonchev–Trinajstić information content (AvgIpc) is 2.60. The fourth-order valence-electron chi connectivity index (χ4n) is 2.41. The molecular formula is C19H23ClN2O3. The van der Waals surface area contributed by atoms with Crippen molar-refractivity contribution in [3.05, 3.63) is 53.1 Å². The zero-order valence-corrected chi connectivity index (χ0v) is 15.6. The van der Waals surface area contributed by atoms with Gasteiger partial charge in [-0.25, -0.2) is 0 Å². The molecule has 134 valence electrons. The van der Waals surface area contributed by atoms with Crippen LogP contribution in [0.2, 0.25) is 5.02 Å². The van der Waals surface area contributed by atoms with Gasteiger partial charge in [0.2, 0.25) is 5.91 Å². The highest BCUT2D eigenvalue weighted by molar-refractivity contribution is 6.30. The van der Waals surface area contributed by atoms with E-state index in [4.69, 9.17) is 21.1 Å².